The van der Waals surface area contributed by atoms with E-state index in [4.69, 9.17) is 6.15 Å². The van der Waals surface area contributed by atoms with Crippen LogP contribution in [0.5, 0.6) is 0 Å². The van der Waals surface area contributed by atoms with Crippen molar-refractivity contribution in [1.82, 2.24) is 0 Å². The van der Waals surface area contributed by atoms with Gasteiger partial charge in [0.15, 0.2) is 0 Å². The SMILES string of the molecule is [CH3][Sn]([CH3])([O]C1=Cc2ccccc2C1=O)[O]C1=Cc2ccccc2C1=O. The number of carbonyl (C=O) groups is 2. The van der Waals surface area contributed by atoms with Crippen molar-refractivity contribution in [3.05, 3.63) is 82.3 Å². The van der Waals surface area contributed by atoms with Crippen LogP contribution >= 0.6 is 0 Å². The monoisotopic (exact) mass is 440 g/mol. The molecule has 25 heavy (non-hydrogen) atoms. The average molecular weight is 439 g/mol. The molecule has 0 N–H and O–H groups in total. The molecule has 0 heterocycles. The van der Waals surface area contributed by atoms with Gasteiger partial charge in [-0.15, -0.1) is 0 Å². The molecule has 124 valence electrons. The van der Waals surface area contributed by atoms with Crippen LogP contribution in [0.4, 0.5) is 0 Å². The zero-order valence-electron chi connectivity index (χ0n) is 13.9. The van der Waals surface area contributed by atoms with Crippen LogP contribution in [0.15, 0.2) is 60.0 Å². The van der Waals surface area contributed by atoms with Gasteiger partial charge >= 0.3 is 151 Å². The van der Waals surface area contributed by atoms with Crippen molar-refractivity contribution in [2.45, 2.75) is 9.88 Å². The van der Waals surface area contributed by atoms with Gasteiger partial charge in [-0.3, -0.25) is 0 Å². The molecule has 0 atom stereocenters. The first-order valence-electron chi connectivity index (χ1n) is 8.03. The summed E-state index contributed by atoms with van der Waals surface area (Å²) in [5, 5.41) is 0. The van der Waals surface area contributed by atoms with Crippen LogP contribution in [-0.4, -0.2) is 30.8 Å². The van der Waals surface area contributed by atoms with Crippen LogP contribution in [0.25, 0.3) is 12.2 Å². The van der Waals surface area contributed by atoms with E-state index in [2.05, 4.69) is 0 Å². The molecule has 4 nitrogen and oxygen atoms in total. The Bertz CT molecular complexity index is 892. The summed E-state index contributed by atoms with van der Waals surface area (Å²) in [6.45, 7) is 0. The van der Waals surface area contributed by atoms with Gasteiger partial charge in [0.1, 0.15) is 0 Å². The van der Waals surface area contributed by atoms with Crippen molar-refractivity contribution in [1.29, 1.82) is 0 Å². The number of fused-ring (bicyclic) bond motifs is 2. The zero-order chi connectivity index (χ0) is 17.6. The molecule has 0 unspecified atom stereocenters. The second kappa shape index (κ2) is 5.88. The van der Waals surface area contributed by atoms with Gasteiger partial charge in [0, 0.05) is 0 Å². The molecule has 0 saturated carbocycles. The summed E-state index contributed by atoms with van der Waals surface area (Å²) >= 11 is -3.60. The van der Waals surface area contributed by atoms with Gasteiger partial charge in [0.25, 0.3) is 0 Å². The summed E-state index contributed by atoms with van der Waals surface area (Å²) in [5.41, 5.74) is 2.99. The number of hydrogen-bond donors (Lipinski definition) is 0. The Morgan fingerprint density at radius 2 is 1.08 bits per heavy atom. The predicted octanol–water partition coefficient (Wildman–Crippen LogP) is 4.20. The van der Waals surface area contributed by atoms with Crippen LogP contribution in [-0.2, 0) is 6.15 Å². The quantitative estimate of drug-likeness (QED) is 0.671. The molecule has 5 heteroatoms. The van der Waals surface area contributed by atoms with Crippen molar-refractivity contribution in [3.63, 3.8) is 0 Å². The van der Waals surface area contributed by atoms with Gasteiger partial charge in [0.2, 0.25) is 0 Å². The Labute approximate surface area is 150 Å². The van der Waals surface area contributed by atoms with E-state index in [0.717, 1.165) is 11.1 Å². The number of rotatable bonds is 4. The van der Waals surface area contributed by atoms with Crippen molar-refractivity contribution in [2.75, 3.05) is 0 Å². The number of benzene rings is 2. The summed E-state index contributed by atoms with van der Waals surface area (Å²) in [4.78, 5) is 28.7. The summed E-state index contributed by atoms with van der Waals surface area (Å²) in [6, 6.07) is 14.8. The van der Waals surface area contributed by atoms with Gasteiger partial charge in [-0.2, -0.15) is 0 Å². The Morgan fingerprint density at radius 3 is 1.48 bits per heavy atom. The molecular formula is C20H16O4Sn. The van der Waals surface area contributed by atoms with E-state index in [0.29, 0.717) is 22.6 Å². The van der Waals surface area contributed by atoms with Crippen LogP contribution in [0.1, 0.15) is 31.8 Å². The number of hydrogen-bond acceptors (Lipinski definition) is 4. The molecule has 2 aromatic rings. The Morgan fingerprint density at radius 1 is 0.680 bits per heavy atom. The molecule has 0 aliphatic heterocycles. The van der Waals surface area contributed by atoms with Crippen LogP contribution in [0.3, 0.4) is 0 Å². The third kappa shape index (κ3) is 2.91. The first-order valence-corrected chi connectivity index (χ1v) is 16.1. The summed E-state index contributed by atoms with van der Waals surface area (Å²) in [6.07, 6.45) is 3.50. The molecule has 2 aliphatic rings. The first kappa shape index (κ1) is 16.1. The maximum atomic E-state index is 12.5. The van der Waals surface area contributed by atoms with E-state index >= 15 is 0 Å². The van der Waals surface area contributed by atoms with Crippen molar-refractivity contribution in [2.24, 2.45) is 0 Å². The predicted molar refractivity (Wildman–Crippen MR) is 97.2 cm³/mol. The van der Waals surface area contributed by atoms with Gasteiger partial charge in [-0.05, 0) is 0 Å². The van der Waals surface area contributed by atoms with Gasteiger partial charge < -0.3 is 0 Å². The fourth-order valence-corrected chi connectivity index (χ4v) is 7.05. The molecule has 0 amide bonds. The van der Waals surface area contributed by atoms with E-state index in [1.807, 2.05) is 46.3 Å². The maximum absolute atomic E-state index is 12.5. The third-order valence-corrected chi connectivity index (χ3v) is 8.20. The van der Waals surface area contributed by atoms with Gasteiger partial charge in [0.05, 0.1) is 0 Å². The number of Topliss-reactive ketones (excluding diaryl/α,β-unsaturated/α-hetero) is 2. The molecular weight excluding hydrogens is 423 g/mol. The number of carbonyl (C=O) groups excluding carboxylic acids is 2. The van der Waals surface area contributed by atoms with Crippen molar-refractivity contribution >= 4 is 42.9 Å². The third-order valence-electron chi connectivity index (χ3n) is 4.14. The molecule has 0 fully saturated rings. The van der Waals surface area contributed by atoms with E-state index in [1.54, 1.807) is 24.3 Å². The molecule has 0 radical (unpaired) electrons. The number of allylic oxidation sites excluding steroid dienone is 2. The van der Waals surface area contributed by atoms with Gasteiger partial charge in [-0.1, -0.05) is 0 Å². The van der Waals surface area contributed by atoms with E-state index in [1.165, 1.54) is 0 Å². The summed E-state index contributed by atoms with van der Waals surface area (Å²) in [7, 11) is 0. The Kier molecular flexibility index (Phi) is 3.80. The molecule has 0 saturated heterocycles. The molecule has 2 aromatic carbocycles. The molecule has 4 rings (SSSR count). The van der Waals surface area contributed by atoms with E-state index in [9.17, 15) is 9.59 Å². The van der Waals surface area contributed by atoms with E-state index < -0.39 is 19.2 Å². The average Bonchev–Trinajstić information content (AvgIpc) is 3.05. The zero-order valence-corrected chi connectivity index (χ0v) is 16.8. The Hall–Kier alpha value is -2.34. The first-order chi connectivity index (χ1) is 11.9. The van der Waals surface area contributed by atoms with Crippen molar-refractivity contribution < 1.29 is 15.7 Å². The van der Waals surface area contributed by atoms with Crippen molar-refractivity contribution in [3.8, 4) is 0 Å². The topological polar surface area (TPSA) is 52.6 Å². The minimum absolute atomic E-state index is 0.126. The van der Waals surface area contributed by atoms with E-state index in [-0.39, 0.29) is 11.6 Å². The van der Waals surface area contributed by atoms with Crippen LogP contribution in [0.2, 0.25) is 9.88 Å². The second-order valence-corrected chi connectivity index (χ2v) is 15.6. The number of ketones is 2. The minimum atomic E-state index is -3.60. The van der Waals surface area contributed by atoms with Gasteiger partial charge in [-0.25, -0.2) is 0 Å². The second-order valence-electron chi connectivity index (χ2n) is 6.45. The normalized spacial score (nSPS) is 15.4. The molecule has 2 aliphatic carbocycles. The fourth-order valence-electron chi connectivity index (χ4n) is 3.04. The van der Waals surface area contributed by atoms with Crippen LogP contribution in [0, 0.1) is 0 Å². The summed E-state index contributed by atoms with van der Waals surface area (Å²) < 4.78 is 12.0. The molecule has 0 aromatic heterocycles. The fraction of sp³-hybridized carbons (Fsp3) is 0.100. The summed E-state index contributed by atoms with van der Waals surface area (Å²) in [5.74, 6) is 0.370. The standard InChI is InChI=1S/2C9H6O2.2CH3.Sn/c2*10-8-5-6-3-1-2-4-7(6)9(8)11;;;/h2*1-5H,(H,10,11);2*1H3;/q;;;;+2/p-2. The Balaban J connectivity index is 1.53. The molecule has 0 bridgehead atoms. The molecule has 0 spiro atoms. The van der Waals surface area contributed by atoms with Crippen LogP contribution < -0.4 is 0 Å².